The van der Waals surface area contributed by atoms with Crippen LogP contribution in [0.3, 0.4) is 0 Å². The maximum absolute atomic E-state index is 11.6. The molecular formula is C14H20BrNO3. The number of hydrogen-bond donors (Lipinski definition) is 2. The lowest BCUT2D eigenvalue weighted by molar-refractivity contribution is -0.123. The van der Waals surface area contributed by atoms with Gasteiger partial charge in [0.15, 0.2) is 6.61 Å². The lowest BCUT2D eigenvalue weighted by atomic mass is 10.2. The third kappa shape index (κ3) is 5.61. The Kier molecular flexibility index (Phi) is 6.87. The van der Waals surface area contributed by atoms with Crippen molar-refractivity contribution >= 4 is 21.8 Å². The van der Waals surface area contributed by atoms with Gasteiger partial charge in [0, 0.05) is 6.04 Å². The number of rotatable bonds is 7. The lowest BCUT2D eigenvalue weighted by Gasteiger charge is -2.14. The summed E-state index contributed by atoms with van der Waals surface area (Å²) in [4.78, 5) is 11.6. The number of nitrogens with one attached hydrogen (secondary N) is 1. The predicted molar refractivity (Wildman–Crippen MR) is 78.1 cm³/mol. The molecule has 0 aliphatic carbocycles. The van der Waals surface area contributed by atoms with E-state index in [1.54, 1.807) is 18.2 Å². The van der Waals surface area contributed by atoms with E-state index in [0.29, 0.717) is 5.75 Å². The summed E-state index contributed by atoms with van der Waals surface area (Å²) in [6, 6.07) is 5.43. The number of aliphatic hydroxyl groups is 1. The molecule has 0 aromatic heterocycles. The molecule has 0 saturated heterocycles. The molecule has 0 spiro atoms. The minimum Gasteiger partial charge on any atom is -0.483 e. The molecule has 0 saturated carbocycles. The van der Waals surface area contributed by atoms with Crippen LogP contribution in [-0.2, 0) is 11.4 Å². The number of benzene rings is 1. The Morgan fingerprint density at radius 2 is 2.26 bits per heavy atom. The summed E-state index contributed by atoms with van der Waals surface area (Å²) in [6.45, 7) is 4.03. The Balaban J connectivity index is 2.46. The maximum atomic E-state index is 11.6. The van der Waals surface area contributed by atoms with Crippen LogP contribution in [0.2, 0.25) is 0 Å². The van der Waals surface area contributed by atoms with Crippen molar-refractivity contribution in [3.63, 3.8) is 0 Å². The van der Waals surface area contributed by atoms with Crippen molar-refractivity contribution in [2.75, 3.05) is 6.61 Å². The first-order chi connectivity index (χ1) is 9.06. The van der Waals surface area contributed by atoms with Crippen molar-refractivity contribution in [2.45, 2.75) is 39.3 Å². The third-order valence-corrected chi connectivity index (χ3v) is 3.29. The van der Waals surface area contributed by atoms with Crippen LogP contribution in [0.4, 0.5) is 0 Å². The first kappa shape index (κ1) is 16.0. The van der Waals surface area contributed by atoms with Crippen molar-refractivity contribution in [3.8, 4) is 5.75 Å². The van der Waals surface area contributed by atoms with Crippen LogP contribution in [-0.4, -0.2) is 23.7 Å². The van der Waals surface area contributed by atoms with Gasteiger partial charge in [-0.3, -0.25) is 4.79 Å². The van der Waals surface area contributed by atoms with Gasteiger partial charge in [-0.15, -0.1) is 0 Å². The Morgan fingerprint density at radius 3 is 2.84 bits per heavy atom. The quantitative estimate of drug-likeness (QED) is 0.808. The molecule has 1 atom stereocenters. The minimum absolute atomic E-state index is 0.00880. The number of ether oxygens (including phenoxy) is 1. The number of aliphatic hydroxyl groups excluding tert-OH is 1. The Bertz CT molecular complexity index is 423. The van der Waals surface area contributed by atoms with Gasteiger partial charge in [0.1, 0.15) is 5.75 Å². The predicted octanol–water partition coefficient (Wildman–Crippen LogP) is 2.63. The van der Waals surface area contributed by atoms with Crippen LogP contribution in [0, 0.1) is 0 Å². The van der Waals surface area contributed by atoms with E-state index >= 15 is 0 Å². The number of carbonyl (C=O) groups excluding carboxylic acids is 1. The zero-order valence-electron chi connectivity index (χ0n) is 11.3. The van der Waals surface area contributed by atoms with E-state index in [0.717, 1.165) is 22.9 Å². The summed E-state index contributed by atoms with van der Waals surface area (Å²) >= 11 is 3.35. The lowest BCUT2D eigenvalue weighted by Crippen LogP contribution is -2.35. The second-order valence-electron chi connectivity index (χ2n) is 4.47. The van der Waals surface area contributed by atoms with Crippen molar-refractivity contribution in [2.24, 2.45) is 0 Å². The highest BCUT2D eigenvalue weighted by molar-refractivity contribution is 9.10. The summed E-state index contributed by atoms with van der Waals surface area (Å²) in [5.74, 6) is 0.467. The molecule has 0 aliphatic heterocycles. The van der Waals surface area contributed by atoms with Crippen molar-refractivity contribution in [1.82, 2.24) is 5.32 Å². The molecule has 1 rings (SSSR count). The van der Waals surface area contributed by atoms with Gasteiger partial charge in [0.2, 0.25) is 0 Å². The molecule has 1 aromatic carbocycles. The highest BCUT2D eigenvalue weighted by atomic mass is 79.9. The van der Waals surface area contributed by atoms with E-state index in [-0.39, 0.29) is 25.2 Å². The first-order valence-electron chi connectivity index (χ1n) is 6.38. The van der Waals surface area contributed by atoms with E-state index in [9.17, 15) is 4.79 Å². The third-order valence-electron chi connectivity index (χ3n) is 2.67. The van der Waals surface area contributed by atoms with Crippen LogP contribution in [0.5, 0.6) is 5.75 Å². The molecule has 1 amide bonds. The van der Waals surface area contributed by atoms with Gasteiger partial charge in [-0.2, -0.15) is 0 Å². The fourth-order valence-corrected chi connectivity index (χ4v) is 2.27. The summed E-state index contributed by atoms with van der Waals surface area (Å²) in [5.41, 5.74) is 0.792. The number of hydrogen-bond acceptors (Lipinski definition) is 3. The van der Waals surface area contributed by atoms with Gasteiger partial charge in [-0.25, -0.2) is 0 Å². The fraction of sp³-hybridized carbons (Fsp3) is 0.500. The SMILES string of the molecule is CCCC(C)NC(=O)COc1ccc(CO)cc1Br. The summed E-state index contributed by atoms with van der Waals surface area (Å²) in [7, 11) is 0. The monoisotopic (exact) mass is 329 g/mol. The Labute approximate surface area is 122 Å². The number of carbonyl (C=O) groups is 1. The molecule has 0 bridgehead atoms. The van der Waals surface area contributed by atoms with E-state index in [1.165, 1.54) is 0 Å². The van der Waals surface area contributed by atoms with E-state index < -0.39 is 0 Å². The normalized spacial score (nSPS) is 12.0. The van der Waals surface area contributed by atoms with Crippen molar-refractivity contribution in [1.29, 1.82) is 0 Å². The van der Waals surface area contributed by atoms with Crippen LogP contribution >= 0.6 is 15.9 Å². The first-order valence-corrected chi connectivity index (χ1v) is 7.17. The van der Waals surface area contributed by atoms with Gasteiger partial charge in [0.25, 0.3) is 5.91 Å². The van der Waals surface area contributed by atoms with Gasteiger partial charge in [0.05, 0.1) is 11.1 Å². The average Bonchev–Trinajstić information content (AvgIpc) is 2.37. The van der Waals surface area contributed by atoms with Crippen molar-refractivity contribution in [3.05, 3.63) is 28.2 Å². The molecule has 0 heterocycles. The molecule has 4 nitrogen and oxygen atoms in total. The van der Waals surface area contributed by atoms with Crippen LogP contribution < -0.4 is 10.1 Å². The topological polar surface area (TPSA) is 58.6 Å². The Hall–Kier alpha value is -1.07. The molecule has 2 N–H and O–H groups in total. The molecule has 0 aliphatic rings. The smallest absolute Gasteiger partial charge is 0.258 e. The highest BCUT2D eigenvalue weighted by Crippen LogP contribution is 2.25. The summed E-state index contributed by atoms with van der Waals surface area (Å²) in [5, 5.41) is 11.9. The summed E-state index contributed by atoms with van der Waals surface area (Å²) in [6.07, 6.45) is 2.00. The second kappa shape index (κ2) is 8.17. The zero-order valence-corrected chi connectivity index (χ0v) is 12.9. The molecule has 106 valence electrons. The van der Waals surface area contributed by atoms with E-state index in [2.05, 4.69) is 28.2 Å². The minimum atomic E-state index is -0.126. The van der Waals surface area contributed by atoms with Gasteiger partial charge in [-0.05, 0) is 47.0 Å². The average molecular weight is 330 g/mol. The summed E-state index contributed by atoms with van der Waals surface area (Å²) < 4.78 is 6.17. The van der Waals surface area contributed by atoms with Crippen molar-refractivity contribution < 1.29 is 14.6 Å². The largest absolute Gasteiger partial charge is 0.483 e. The molecular weight excluding hydrogens is 310 g/mol. The van der Waals surface area contributed by atoms with Gasteiger partial charge >= 0.3 is 0 Å². The molecule has 5 heteroatoms. The highest BCUT2D eigenvalue weighted by Gasteiger charge is 2.09. The van der Waals surface area contributed by atoms with Crippen LogP contribution in [0.25, 0.3) is 0 Å². The van der Waals surface area contributed by atoms with E-state index in [1.807, 2.05) is 6.92 Å². The maximum Gasteiger partial charge on any atom is 0.258 e. The van der Waals surface area contributed by atoms with Gasteiger partial charge < -0.3 is 15.2 Å². The molecule has 1 aromatic rings. The van der Waals surface area contributed by atoms with Crippen LogP contribution in [0.1, 0.15) is 32.3 Å². The standard InChI is InChI=1S/C14H20BrNO3/c1-3-4-10(2)16-14(18)9-19-13-6-5-11(8-17)7-12(13)15/h5-7,10,17H,3-4,8-9H2,1-2H3,(H,16,18). The van der Waals surface area contributed by atoms with Crippen LogP contribution in [0.15, 0.2) is 22.7 Å². The fourth-order valence-electron chi connectivity index (χ4n) is 1.72. The van der Waals surface area contributed by atoms with Gasteiger partial charge in [-0.1, -0.05) is 19.4 Å². The Morgan fingerprint density at radius 1 is 1.53 bits per heavy atom. The molecule has 0 fully saturated rings. The number of halogens is 1. The second-order valence-corrected chi connectivity index (χ2v) is 5.32. The molecule has 0 radical (unpaired) electrons. The molecule has 19 heavy (non-hydrogen) atoms. The van der Waals surface area contributed by atoms with E-state index in [4.69, 9.17) is 9.84 Å². The molecule has 1 unspecified atom stereocenters. The number of amides is 1. The zero-order chi connectivity index (χ0) is 14.3.